The van der Waals surface area contributed by atoms with Crippen LogP contribution in [-0.2, 0) is 21.7 Å². The van der Waals surface area contributed by atoms with Crippen LogP contribution >= 0.6 is 0 Å². The van der Waals surface area contributed by atoms with Crippen LogP contribution in [-0.4, -0.2) is 22.2 Å². The molecule has 2 aromatic carbocycles. The van der Waals surface area contributed by atoms with Gasteiger partial charge in [-0.3, -0.25) is 4.98 Å². The van der Waals surface area contributed by atoms with E-state index in [2.05, 4.69) is 10.3 Å². The number of hydrogen-bond donors (Lipinski definition) is 2. The van der Waals surface area contributed by atoms with Crippen LogP contribution in [0.2, 0.25) is 0 Å². The number of hydrogen-bond acceptors (Lipinski definition) is 4. The Morgan fingerprint density at radius 2 is 1.77 bits per heavy atom. The van der Waals surface area contributed by atoms with Gasteiger partial charge in [-0.2, -0.15) is 0 Å². The molecule has 156 valence electrons. The van der Waals surface area contributed by atoms with E-state index in [-0.39, 0.29) is 18.4 Å². The number of aliphatic carboxylic acids is 1. The predicted octanol–water partition coefficient (Wildman–Crippen LogP) is 4.88. The Labute approximate surface area is 175 Å². The van der Waals surface area contributed by atoms with Crippen molar-refractivity contribution < 1.29 is 19.4 Å². The summed E-state index contributed by atoms with van der Waals surface area (Å²) in [4.78, 5) is 29.5. The number of amides is 1. The van der Waals surface area contributed by atoms with Crippen molar-refractivity contribution in [3.05, 3.63) is 78.0 Å². The van der Waals surface area contributed by atoms with Crippen LogP contribution in [0.5, 0.6) is 0 Å². The first-order valence-electron chi connectivity index (χ1n) is 9.77. The van der Waals surface area contributed by atoms with Crippen LogP contribution in [0.25, 0.3) is 10.9 Å². The van der Waals surface area contributed by atoms with Crippen LogP contribution in [0, 0.1) is 5.41 Å². The molecule has 0 aliphatic rings. The molecule has 1 unspecified atom stereocenters. The van der Waals surface area contributed by atoms with E-state index >= 15 is 0 Å². The minimum absolute atomic E-state index is 0.0551. The maximum absolute atomic E-state index is 12.7. The van der Waals surface area contributed by atoms with Crippen LogP contribution < -0.4 is 5.32 Å². The summed E-state index contributed by atoms with van der Waals surface area (Å²) in [6.45, 7) is 5.86. The van der Waals surface area contributed by atoms with Gasteiger partial charge in [0.25, 0.3) is 0 Å². The first kappa shape index (κ1) is 21.3. The van der Waals surface area contributed by atoms with Crippen molar-refractivity contribution in [2.75, 3.05) is 0 Å². The van der Waals surface area contributed by atoms with Gasteiger partial charge in [0.1, 0.15) is 6.61 Å². The van der Waals surface area contributed by atoms with Crippen LogP contribution in [0.3, 0.4) is 0 Å². The molecule has 1 amide bonds. The average molecular weight is 406 g/mol. The minimum atomic E-state index is -1.64. The lowest BCUT2D eigenvalue weighted by molar-refractivity contribution is -0.146. The second-order valence-corrected chi connectivity index (χ2v) is 8.55. The highest BCUT2D eigenvalue weighted by Gasteiger charge is 2.45. The fourth-order valence-electron chi connectivity index (χ4n) is 3.54. The molecule has 0 aliphatic carbocycles. The Kier molecular flexibility index (Phi) is 6.06. The molecule has 0 spiro atoms. The monoisotopic (exact) mass is 406 g/mol. The van der Waals surface area contributed by atoms with Gasteiger partial charge in [0.05, 0.1) is 5.52 Å². The summed E-state index contributed by atoms with van der Waals surface area (Å²) in [6.07, 6.45) is 1.08. The Hall–Kier alpha value is -3.41. The van der Waals surface area contributed by atoms with Crippen molar-refractivity contribution >= 4 is 23.0 Å². The molecule has 1 atom stereocenters. The Morgan fingerprint density at radius 3 is 2.43 bits per heavy atom. The molecule has 30 heavy (non-hydrogen) atoms. The highest BCUT2D eigenvalue weighted by atomic mass is 16.5. The number of pyridine rings is 1. The molecule has 0 bridgehead atoms. The van der Waals surface area contributed by atoms with Crippen molar-refractivity contribution in [3.63, 3.8) is 0 Å². The van der Waals surface area contributed by atoms with Gasteiger partial charge in [-0.15, -0.1) is 0 Å². The van der Waals surface area contributed by atoms with E-state index in [1.807, 2.05) is 57.2 Å². The van der Waals surface area contributed by atoms with E-state index in [4.69, 9.17) is 4.74 Å². The zero-order chi connectivity index (χ0) is 21.8. The fourth-order valence-corrected chi connectivity index (χ4v) is 3.54. The molecule has 0 aliphatic heterocycles. The summed E-state index contributed by atoms with van der Waals surface area (Å²) < 4.78 is 5.33. The van der Waals surface area contributed by atoms with Gasteiger partial charge in [0.2, 0.25) is 0 Å². The lowest BCUT2D eigenvalue weighted by Crippen LogP contribution is -2.54. The smallest absolute Gasteiger partial charge is 0.408 e. The van der Waals surface area contributed by atoms with E-state index in [9.17, 15) is 14.7 Å². The minimum Gasteiger partial charge on any atom is -0.479 e. The van der Waals surface area contributed by atoms with E-state index in [1.54, 1.807) is 30.5 Å². The lowest BCUT2D eigenvalue weighted by atomic mass is 9.75. The van der Waals surface area contributed by atoms with E-state index in [0.717, 1.165) is 16.5 Å². The third-order valence-electron chi connectivity index (χ3n) is 4.78. The molecule has 0 saturated carbocycles. The molecule has 6 heteroatoms. The molecular formula is C24H26N2O4. The molecule has 1 heterocycles. The van der Waals surface area contributed by atoms with Gasteiger partial charge in [0, 0.05) is 11.6 Å². The van der Waals surface area contributed by atoms with Gasteiger partial charge in [-0.1, -0.05) is 63.2 Å². The summed E-state index contributed by atoms with van der Waals surface area (Å²) in [5.41, 5.74) is 0.0246. The largest absolute Gasteiger partial charge is 0.479 e. The number of benzene rings is 2. The lowest BCUT2D eigenvalue weighted by Gasteiger charge is -2.36. The van der Waals surface area contributed by atoms with Crippen LogP contribution in [0.4, 0.5) is 4.79 Å². The number of carboxylic acid groups (broad SMARTS) is 1. The van der Waals surface area contributed by atoms with Gasteiger partial charge in [-0.05, 0) is 41.2 Å². The third kappa shape index (κ3) is 4.95. The molecule has 2 N–H and O–H groups in total. The van der Waals surface area contributed by atoms with Crippen LogP contribution in [0.15, 0.2) is 66.9 Å². The topological polar surface area (TPSA) is 88.5 Å². The van der Waals surface area contributed by atoms with Gasteiger partial charge >= 0.3 is 12.1 Å². The van der Waals surface area contributed by atoms with Gasteiger partial charge in [-0.25, -0.2) is 9.59 Å². The number of nitrogens with zero attached hydrogens (tertiary/aromatic N) is 1. The van der Waals surface area contributed by atoms with E-state index in [0.29, 0.717) is 5.56 Å². The van der Waals surface area contributed by atoms with Crippen molar-refractivity contribution in [3.8, 4) is 0 Å². The molecule has 0 radical (unpaired) electrons. The van der Waals surface area contributed by atoms with E-state index in [1.165, 1.54) is 0 Å². The summed E-state index contributed by atoms with van der Waals surface area (Å²) in [6, 6.07) is 18.1. The van der Waals surface area contributed by atoms with E-state index < -0.39 is 17.6 Å². The molecule has 0 saturated heterocycles. The average Bonchev–Trinajstić information content (AvgIpc) is 2.71. The second-order valence-electron chi connectivity index (χ2n) is 8.55. The number of ether oxygens (including phenoxy) is 1. The molecule has 3 aromatic rings. The number of aromatic nitrogens is 1. The number of nitrogens with one attached hydrogen (secondary N) is 1. The van der Waals surface area contributed by atoms with Crippen molar-refractivity contribution in [1.29, 1.82) is 0 Å². The Balaban J connectivity index is 1.95. The number of carbonyl (C=O) groups is 2. The SMILES string of the molecule is CC(C)(C)CC(NC(=O)OCc1ccccc1)(C(=O)O)c1ccc2ncccc2c1. The number of rotatable bonds is 6. The van der Waals surface area contributed by atoms with Crippen molar-refractivity contribution in [1.82, 2.24) is 10.3 Å². The van der Waals surface area contributed by atoms with Crippen molar-refractivity contribution in [2.24, 2.45) is 5.41 Å². The maximum Gasteiger partial charge on any atom is 0.408 e. The fraction of sp³-hybridized carbons (Fsp3) is 0.292. The number of fused-ring (bicyclic) bond motifs is 1. The highest BCUT2D eigenvalue weighted by Crippen LogP contribution is 2.36. The normalized spacial score (nSPS) is 13.4. The molecule has 1 aromatic heterocycles. The standard InChI is InChI=1S/C24H26N2O4/c1-23(2,3)16-24(21(27)28,19-11-12-20-18(14-19)10-7-13-25-20)26-22(29)30-15-17-8-5-4-6-9-17/h4-14H,15-16H2,1-3H3,(H,26,29)(H,27,28). The zero-order valence-electron chi connectivity index (χ0n) is 17.4. The summed E-state index contributed by atoms with van der Waals surface area (Å²) >= 11 is 0. The quantitative estimate of drug-likeness (QED) is 0.609. The first-order chi connectivity index (χ1) is 14.2. The Bertz CT molecular complexity index is 1040. The summed E-state index contributed by atoms with van der Waals surface area (Å²) in [5.74, 6) is -1.14. The molecular weight excluding hydrogens is 380 g/mol. The Morgan fingerprint density at radius 1 is 1.03 bits per heavy atom. The van der Waals surface area contributed by atoms with Gasteiger partial charge < -0.3 is 15.2 Å². The molecule has 3 rings (SSSR count). The van der Waals surface area contributed by atoms with Crippen LogP contribution in [0.1, 0.15) is 38.3 Å². The number of alkyl carbamates (subject to hydrolysis) is 1. The predicted molar refractivity (Wildman–Crippen MR) is 115 cm³/mol. The first-order valence-corrected chi connectivity index (χ1v) is 9.77. The number of carbonyl (C=O) groups excluding carboxylic acids is 1. The second kappa shape index (κ2) is 8.53. The maximum atomic E-state index is 12.7. The molecule has 6 nitrogen and oxygen atoms in total. The van der Waals surface area contributed by atoms with Crippen molar-refractivity contribution in [2.45, 2.75) is 39.3 Å². The summed E-state index contributed by atoms with van der Waals surface area (Å²) in [5, 5.41) is 13.7. The number of carboxylic acids is 1. The summed E-state index contributed by atoms with van der Waals surface area (Å²) in [7, 11) is 0. The highest BCUT2D eigenvalue weighted by molar-refractivity contribution is 5.88. The zero-order valence-corrected chi connectivity index (χ0v) is 17.4. The van der Waals surface area contributed by atoms with Gasteiger partial charge in [0.15, 0.2) is 5.54 Å². The molecule has 0 fully saturated rings. The third-order valence-corrected chi connectivity index (χ3v) is 4.78.